The van der Waals surface area contributed by atoms with Gasteiger partial charge in [0, 0.05) is 22.5 Å². The second-order valence-corrected chi connectivity index (χ2v) is 15.2. The summed E-state index contributed by atoms with van der Waals surface area (Å²) in [5, 5.41) is 13.9. The van der Waals surface area contributed by atoms with Gasteiger partial charge in [-0.1, -0.05) is 167 Å². The molecule has 0 radical (unpaired) electrons. The van der Waals surface area contributed by atoms with Gasteiger partial charge in [-0.2, -0.15) is 0 Å². The number of carbonyl (C=O) groups is 2. The van der Waals surface area contributed by atoms with Gasteiger partial charge in [0.1, 0.15) is 5.69 Å². The number of aromatic nitrogens is 2. The Morgan fingerprint density at radius 1 is 0.691 bits per heavy atom. The van der Waals surface area contributed by atoms with Crippen molar-refractivity contribution in [3.63, 3.8) is 0 Å². The number of nitrogens with one attached hydrogen (secondary N) is 4. The molecule has 0 unspecified atom stereocenters. The number of hydrogen-bond acceptors (Lipinski definition) is 5. The summed E-state index contributed by atoms with van der Waals surface area (Å²) < 4.78 is 6.68. The van der Waals surface area contributed by atoms with Crippen molar-refractivity contribution in [2.45, 2.75) is 96.8 Å². The minimum atomic E-state index is -0.913. The van der Waals surface area contributed by atoms with Gasteiger partial charge >= 0.3 is 11.7 Å². The minimum absolute atomic E-state index is 0.0127. The fraction of sp³-hybridized carbons (Fsp3) is 0.357. The number of halogens is 4. The molecule has 0 fully saturated rings. The summed E-state index contributed by atoms with van der Waals surface area (Å²) in [6, 6.07) is 20.8. The van der Waals surface area contributed by atoms with Crippen LogP contribution in [0.4, 0.5) is 27.7 Å². The molecule has 0 spiro atoms. The summed E-state index contributed by atoms with van der Waals surface area (Å²) in [6.07, 6.45) is 15.6. The highest BCUT2D eigenvalue weighted by Gasteiger charge is 2.24. The first kappa shape index (κ1) is 42.0. The number of unbranched alkanes of at least 4 members (excludes halogenated alkanes) is 12. The van der Waals surface area contributed by atoms with Gasteiger partial charge in [-0.15, -0.1) is 0 Å². The van der Waals surface area contributed by atoms with E-state index in [1.165, 1.54) is 76.3 Å². The standard InChI is InChI=1S/C42H47Cl4N5O4/c1-2-3-4-5-6-7-8-9-10-11-12-13-14-22-37(52)47-30-23-24-36(32(44)27-30)48-40-39(41(53)51(50-40)38-33(45)25-29(43)26-34(38)46)55-42(54)49-35-21-17-19-28-18-15-16-20-31(28)35/h15-21,23-27,48,50H,2-14,22H2,1H3,(H,47,52)(H,49,54). The van der Waals surface area contributed by atoms with Crippen molar-refractivity contribution >= 4 is 92.1 Å². The Morgan fingerprint density at radius 3 is 1.96 bits per heavy atom. The number of aromatic amines is 1. The molecule has 0 aliphatic rings. The minimum Gasteiger partial charge on any atom is -0.400 e. The molecule has 1 heterocycles. The van der Waals surface area contributed by atoms with Crippen molar-refractivity contribution in [1.29, 1.82) is 0 Å². The smallest absolute Gasteiger partial charge is 0.400 e. The third-order valence-corrected chi connectivity index (χ3v) is 10.4. The van der Waals surface area contributed by atoms with E-state index in [0.29, 0.717) is 23.5 Å². The number of fused-ring (bicyclic) bond motifs is 1. The monoisotopic (exact) mass is 825 g/mol. The molecule has 55 heavy (non-hydrogen) atoms. The first-order valence-electron chi connectivity index (χ1n) is 19.0. The number of rotatable bonds is 20. The van der Waals surface area contributed by atoms with Crippen LogP contribution < -0.4 is 26.2 Å². The summed E-state index contributed by atoms with van der Waals surface area (Å²) >= 11 is 25.7. The van der Waals surface area contributed by atoms with E-state index in [0.717, 1.165) is 34.7 Å². The Kier molecular flexibility index (Phi) is 16.2. The van der Waals surface area contributed by atoms with E-state index in [1.807, 2.05) is 30.3 Å². The molecule has 1 aromatic heterocycles. The Bertz CT molecular complexity index is 2100. The van der Waals surface area contributed by atoms with Crippen LogP contribution in [0.15, 0.2) is 77.6 Å². The summed E-state index contributed by atoms with van der Waals surface area (Å²) in [4.78, 5) is 39.8. The second kappa shape index (κ2) is 21.2. The zero-order valence-corrected chi connectivity index (χ0v) is 33.9. The van der Waals surface area contributed by atoms with Gasteiger partial charge in [0.05, 0.1) is 26.4 Å². The van der Waals surface area contributed by atoms with Gasteiger partial charge in [-0.3, -0.25) is 20.0 Å². The number of H-pyrrole nitrogens is 1. The van der Waals surface area contributed by atoms with E-state index in [4.69, 9.17) is 51.1 Å². The summed E-state index contributed by atoms with van der Waals surface area (Å²) in [6.45, 7) is 2.25. The first-order valence-corrected chi connectivity index (χ1v) is 20.5. The average Bonchev–Trinajstić information content (AvgIpc) is 3.44. The van der Waals surface area contributed by atoms with E-state index >= 15 is 0 Å². The lowest BCUT2D eigenvalue weighted by molar-refractivity contribution is -0.116. The van der Waals surface area contributed by atoms with E-state index in [9.17, 15) is 14.4 Å². The zero-order chi connectivity index (χ0) is 39.2. The third kappa shape index (κ3) is 12.2. The molecule has 0 aliphatic heterocycles. The maximum Gasteiger partial charge on any atom is 0.417 e. The Balaban J connectivity index is 1.20. The summed E-state index contributed by atoms with van der Waals surface area (Å²) in [5.74, 6) is -0.488. The van der Waals surface area contributed by atoms with Crippen LogP contribution in [0.1, 0.15) is 96.8 Å². The van der Waals surface area contributed by atoms with Crippen molar-refractivity contribution < 1.29 is 14.3 Å². The van der Waals surface area contributed by atoms with Gasteiger partial charge in [-0.05, 0) is 48.2 Å². The lowest BCUT2D eigenvalue weighted by Crippen LogP contribution is -2.22. The predicted octanol–water partition coefficient (Wildman–Crippen LogP) is 13.7. The molecule has 5 rings (SSSR count). The van der Waals surface area contributed by atoms with Crippen molar-refractivity contribution in [3.8, 4) is 11.4 Å². The topological polar surface area (TPSA) is 117 Å². The van der Waals surface area contributed by atoms with Gasteiger partial charge in [0.2, 0.25) is 11.7 Å². The predicted molar refractivity (Wildman–Crippen MR) is 229 cm³/mol. The Labute approximate surface area is 342 Å². The molecular weight excluding hydrogens is 780 g/mol. The highest BCUT2D eigenvalue weighted by molar-refractivity contribution is 6.40. The molecule has 4 aromatic carbocycles. The molecule has 2 amide bonds. The van der Waals surface area contributed by atoms with Crippen molar-refractivity contribution in [2.75, 3.05) is 16.0 Å². The molecule has 13 heteroatoms. The maximum atomic E-state index is 13.8. The second-order valence-electron chi connectivity index (χ2n) is 13.6. The molecular formula is C42H47Cl4N5O4. The summed E-state index contributed by atoms with van der Waals surface area (Å²) in [7, 11) is 0. The van der Waals surface area contributed by atoms with Crippen LogP contribution in [-0.4, -0.2) is 21.8 Å². The van der Waals surface area contributed by atoms with Crippen LogP contribution in [0.2, 0.25) is 20.1 Å². The average molecular weight is 828 g/mol. The van der Waals surface area contributed by atoms with Crippen molar-refractivity contribution in [1.82, 2.24) is 9.78 Å². The van der Waals surface area contributed by atoms with Crippen molar-refractivity contribution in [2.24, 2.45) is 0 Å². The SMILES string of the molecule is CCCCCCCCCCCCCCCC(=O)Nc1ccc(Nc2[nH]n(-c3c(Cl)cc(Cl)cc3Cl)c(=O)c2OC(=O)Nc2cccc3ccccc23)c(Cl)c1. The molecule has 0 aliphatic carbocycles. The van der Waals surface area contributed by atoms with Crippen LogP contribution in [0, 0.1) is 0 Å². The normalized spacial score (nSPS) is 11.1. The van der Waals surface area contributed by atoms with Gasteiger partial charge in [-0.25, -0.2) is 9.48 Å². The molecule has 0 bridgehead atoms. The molecule has 0 saturated carbocycles. The van der Waals surface area contributed by atoms with E-state index in [2.05, 4.69) is 28.0 Å². The molecule has 0 saturated heterocycles. The van der Waals surface area contributed by atoms with Gasteiger partial charge < -0.3 is 15.4 Å². The van der Waals surface area contributed by atoms with Gasteiger partial charge in [0.15, 0.2) is 5.82 Å². The quantitative estimate of drug-likeness (QED) is 0.0583. The number of carbonyl (C=O) groups excluding carboxylic acids is 2. The maximum absolute atomic E-state index is 13.8. The molecule has 5 aromatic rings. The Morgan fingerprint density at radius 2 is 1.31 bits per heavy atom. The van der Waals surface area contributed by atoms with E-state index in [-0.39, 0.29) is 43.3 Å². The number of nitrogens with zero attached hydrogens (tertiary/aromatic N) is 1. The fourth-order valence-electron chi connectivity index (χ4n) is 6.43. The van der Waals surface area contributed by atoms with E-state index < -0.39 is 11.7 Å². The summed E-state index contributed by atoms with van der Waals surface area (Å²) in [5.41, 5.74) is 0.698. The number of ether oxygens (including phenoxy) is 1. The highest BCUT2D eigenvalue weighted by atomic mass is 35.5. The van der Waals surface area contributed by atoms with Crippen LogP contribution in [0.3, 0.4) is 0 Å². The largest absolute Gasteiger partial charge is 0.417 e. The fourth-order valence-corrected chi connectivity index (χ4v) is 7.64. The lowest BCUT2D eigenvalue weighted by Gasteiger charge is -2.12. The van der Waals surface area contributed by atoms with E-state index in [1.54, 1.807) is 30.3 Å². The van der Waals surface area contributed by atoms with Crippen LogP contribution in [0.5, 0.6) is 5.75 Å². The molecule has 4 N–H and O–H groups in total. The highest BCUT2D eigenvalue weighted by Crippen LogP contribution is 2.35. The molecule has 0 atom stereocenters. The Hall–Kier alpha value is -4.15. The van der Waals surface area contributed by atoms with Crippen LogP contribution >= 0.6 is 46.4 Å². The van der Waals surface area contributed by atoms with Crippen molar-refractivity contribution in [3.05, 3.63) is 103 Å². The number of benzene rings is 4. The van der Waals surface area contributed by atoms with Gasteiger partial charge in [0.25, 0.3) is 0 Å². The van der Waals surface area contributed by atoms with Crippen LogP contribution in [0.25, 0.3) is 16.5 Å². The lowest BCUT2D eigenvalue weighted by atomic mass is 10.0. The van der Waals surface area contributed by atoms with Crippen LogP contribution in [-0.2, 0) is 4.79 Å². The third-order valence-electron chi connectivity index (χ3n) is 9.29. The molecule has 9 nitrogen and oxygen atoms in total. The first-order chi connectivity index (χ1) is 26.6. The number of amides is 2. The number of anilines is 4. The molecule has 292 valence electrons. The number of hydrogen-bond donors (Lipinski definition) is 4. The zero-order valence-electron chi connectivity index (χ0n) is 30.9.